The SMILES string of the molecule is CCS(=O)(=O)CCn1nnnc1-c1c(N)cccc1OC. The summed E-state index contributed by atoms with van der Waals surface area (Å²) in [6.07, 6.45) is 0. The first-order chi connectivity index (χ1) is 9.98. The lowest BCUT2D eigenvalue weighted by molar-refractivity contribution is 0.416. The van der Waals surface area contributed by atoms with Gasteiger partial charge in [0.2, 0.25) is 0 Å². The van der Waals surface area contributed by atoms with Gasteiger partial charge in [0.05, 0.1) is 25.0 Å². The second kappa shape index (κ2) is 6.08. The van der Waals surface area contributed by atoms with Crippen LogP contribution < -0.4 is 10.5 Å². The molecular weight excluding hydrogens is 294 g/mol. The fraction of sp³-hybridized carbons (Fsp3) is 0.417. The number of nitrogens with two attached hydrogens (primary N) is 1. The molecule has 0 amide bonds. The van der Waals surface area contributed by atoms with Gasteiger partial charge < -0.3 is 10.5 Å². The largest absolute Gasteiger partial charge is 0.496 e. The first-order valence-electron chi connectivity index (χ1n) is 6.38. The van der Waals surface area contributed by atoms with Gasteiger partial charge in [0, 0.05) is 11.4 Å². The molecule has 21 heavy (non-hydrogen) atoms. The summed E-state index contributed by atoms with van der Waals surface area (Å²) < 4.78 is 29.9. The highest BCUT2D eigenvalue weighted by atomic mass is 32.2. The third kappa shape index (κ3) is 3.30. The molecule has 1 aromatic carbocycles. The Bertz CT molecular complexity index is 726. The Morgan fingerprint density at radius 3 is 2.81 bits per heavy atom. The van der Waals surface area contributed by atoms with Crippen molar-refractivity contribution >= 4 is 15.5 Å². The quantitative estimate of drug-likeness (QED) is 0.766. The van der Waals surface area contributed by atoms with Crippen molar-refractivity contribution in [2.75, 3.05) is 24.3 Å². The van der Waals surface area contributed by atoms with Crippen molar-refractivity contribution in [2.45, 2.75) is 13.5 Å². The summed E-state index contributed by atoms with van der Waals surface area (Å²) in [5, 5.41) is 11.4. The standard InChI is InChI=1S/C12H17N5O3S/c1-3-21(18,19)8-7-17-12(14-15-16-17)11-9(13)5-4-6-10(11)20-2/h4-6H,3,7-8,13H2,1-2H3. The Morgan fingerprint density at radius 1 is 1.38 bits per heavy atom. The fourth-order valence-corrected chi connectivity index (χ4v) is 2.60. The summed E-state index contributed by atoms with van der Waals surface area (Å²) in [6, 6.07) is 5.21. The Kier molecular flexibility index (Phi) is 4.41. The second-order valence-corrected chi connectivity index (χ2v) is 6.86. The summed E-state index contributed by atoms with van der Waals surface area (Å²) in [5.74, 6) is 0.971. The van der Waals surface area contributed by atoms with E-state index in [9.17, 15) is 8.42 Å². The van der Waals surface area contributed by atoms with E-state index in [2.05, 4.69) is 15.5 Å². The van der Waals surface area contributed by atoms with Crippen LogP contribution in [0.1, 0.15) is 6.92 Å². The van der Waals surface area contributed by atoms with E-state index in [-0.39, 0.29) is 18.1 Å². The van der Waals surface area contributed by atoms with Crippen molar-refractivity contribution in [1.29, 1.82) is 0 Å². The molecule has 0 aliphatic heterocycles. The number of nitrogens with zero attached hydrogens (tertiary/aromatic N) is 4. The molecule has 0 atom stereocenters. The maximum Gasteiger partial charge on any atom is 0.187 e. The number of methoxy groups -OCH3 is 1. The van der Waals surface area contributed by atoms with Gasteiger partial charge in [-0.15, -0.1) is 5.10 Å². The molecule has 0 aliphatic carbocycles. The van der Waals surface area contributed by atoms with Crippen LogP contribution in [-0.2, 0) is 16.4 Å². The van der Waals surface area contributed by atoms with Gasteiger partial charge in [0.25, 0.3) is 0 Å². The van der Waals surface area contributed by atoms with E-state index in [0.717, 1.165) is 0 Å². The van der Waals surface area contributed by atoms with E-state index in [1.54, 1.807) is 25.1 Å². The van der Waals surface area contributed by atoms with Crippen LogP contribution >= 0.6 is 0 Å². The normalized spacial score (nSPS) is 11.5. The number of rotatable bonds is 6. The molecule has 2 aromatic rings. The van der Waals surface area contributed by atoms with Gasteiger partial charge in [-0.05, 0) is 22.6 Å². The predicted molar refractivity (Wildman–Crippen MR) is 78.5 cm³/mol. The number of sulfone groups is 1. The second-order valence-electron chi connectivity index (χ2n) is 4.39. The average molecular weight is 311 g/mol. The van der Waals surface area contributed by atoms with Gasteiger partial charge in [0.1, 0.15) is 5.75 Å². The minimum atomic E-state index is -3.10. The van der Waals surface area contributed by atoms with E-state index < -0.39 is 9.84 Å². The Morgan fingerprint density at radius 2 is 2.14 bits per heavy atom. The molecular formula is C12H17N5O3S. The number of hydrogen-bond donors (Lipinski definition) is 1. The number of anilines is 1. The van der Waals surface area contributed by atoms with Gasteiger partial charge >= 0.3 is 0 Å². The summed E-state index contributed by atoms with van der Waals surface area (Å²) in [6.45, 7) is 1.77. The smallest absolute Gasteiger partial charge is 0.187 e. The third-order valence-electron chi connectivity index (χ3n) is 3.09. The molecule has 0 fully saturated rings. The number of tetrazole rings is 1. The summed E-state index contributed by atoms with van der Waals surface area (Å²) in [4.78, 5) is 0. The minimum absolute atomic E-state index is 0.0312. The summed E-state index contributed by atoms with van der Waals surface area (Å²) in [7, 11) is -1.58. The maximum absolute atomic E-state index is 11.6. The molecule has 0 unspecified atom stereocenters. The average Bonchev–Trinajstić information content (AvgIpc) is 2.93. The Hall–Kier alpha value is -2.16. The van der Waals surface area contributed by atoms with Crippen molar-refractivity contribution in [3.8, 4) is 17.1 Å². The number of aryl methyl sites for hydroxylation is 1. The fourth-order valence-electron chi connectivity index (χ4n) is 1.86. The van der Waals surface area contributed by atoms with Gasteiger partial charge in [-0.1, -0.05) is 13.0 Å². The van der Waals surface area contributed by atoms with Gasteiger partial charge in [-0.25, -0.2) is 13.1 Å². The van der Waals surface area contributed by atoms with Crippen LogP contribution in [0.3, 0.4) is 0 Å². The Balaban J connectivity index is 2.37. The third-order valence-corrected chi connectivity index (χ3v) is 4.77. The number of nitrogen functional groups attached to an aromatic ring is 1. The highest BCUT2D eigenvalue weighted by molar-refractivity contribution is 7.91. The predicted octanol–water partition coefficient (Wildman–Crippen LogP) is 0.366. The van der Waals surface area contributed by atoms with Crippen molar-refractivity contribution in [1.82, 2.24) is 20.2 Å². The molecule has 0 aliphatic rings. The zero-order valence-electron chi connectivity index (χ0n) is 11.9. The maximum atomic E-state index is 11.6. The molecule has 0 radical (unpaired) electrons. The van der Waals surface area contributed by atoms with Crippen LogP contribution in [0.15, 0.2) is 18.2 Å². The number of aromatic nitrogens is 4. The lowest BCUT2D eigenvalue weighted by atomic mass is 10.1. The zero-order valence-corrected chi connectivity index (χ0v) is 12.7. The van der Waals surface area contributed by atoms with Gasteiger partial charge in [-0.3, -0.25) is 0 Å². The molecule has 0 bridgehead atoms. The molecule has 1 heterocycles. The van der Waals surface area contributed by atoms with Crippen LogP contribution in [-0.4, -0.2) is 47.2 Å². The van der Waals surface area contributed by atoms with E-state index in [0.29, 0.717) is 22.8 Å². The van der Waals surface area contributed by atoms with E-state index >= 15 is 0 Å². The monoisotopic (exact) mass is 311 g/mol. The van der Waals surface area contributed by atoms with Crippen LogP contribution in [0.5, 0.6) is 5.75 Å². The van der Waals surface area contributed by atoms with E-state index in [1.165, 1.54) is 11.8 Å². The number of benzene rings is 1. The molecule has 0 saturated heterocycles. The van der Waals surface area contributed by atoms with Crippen molar-refractivity contribution in [3.05, 3.63) is 18.2 Å². The molecule has 114 valence electrons. The first kappa shape index (κ1) is 15.2. The van der Waals surface area contributed by atoms with Crippen molar-refractivity contribution in [3.63, 3.8) is 0 Å². The molecule has 8 nitrogen and oxygen atoms in total. The van der Waals surface area contributed by atoms with E-state index in [4.69, 9.17) is 10.5 Å². The van der Waals surface area contributed by atoms with Crippen LogP contribution in [0.2, 0.25) is 0 Å². The van der Waals surface area contributed by atoms with Gasteiger partial charge in [0.15, 0.2) is 15.7 Å². The lowest BCUT2D eigenvalue weighted by Gasteiger charge is -2.11. The molecule has 2 rings (SSSR count). The van der Waals surface area contributed by atoms with Gasteiger partial charge in [-0.2, -0.15) is 0 Å². The van der Waals surface area contributed by atoms with Crippen LogP contribution in [0, 0.1) is 0 Å². The zero-order chi connectivity index (χ0) is 15.5. The van der Waals surface area contributed by atoms with Crippen LogP contribution in [0.25, 0.3) is 11.4 Å². The molecule has 1 aromatic heterocycles. The Labute approximate surface area is 122 Å². The number of ether oxygens (including phenoxy) is 1. The number of hydrogen-bond acceptors (Lipinski definition) is 7. The van der Waals surface area contributed by atoms with Crippen LogP contribution in [0.4, 0.5) is 5.69 Å². The molecule has 9 heteroatoms. The summed E-state index contributed by atoms with van der Waals surface area (Å²) in [5.41, 5.74) is 6.97. The van der Waals surface area contributed by atoms with Crippen molar-refractivity contribution in [2.24, 2.45) is 0 Å². The van der Waals surface area contributed by atoms with E-state index in [1.807, 2.05) is 0 Å². The topological polar surface area (TPSA) is 113 Å². The highest BCUT2D eigenvalue weighted by Crippen LogP contribution is 2.33. The lowest BCUT2D eigenvalue weighted by Crippen LogP contribution is -2.16. The highest BCUT2D eigenvalue weighted by Gasteiger charge is 2.18. The summed E-state index contributed by atoms with van der Waals surface area (Å²) >= 11 is 0. The first-order valence-corrected chi connectivity index (χ1v) is 8.20. The molecule has 0 saturated carbocycles. The minimum Gasteiger partial charge on any atom is -0.496 e. The molecule has 2 N–H and O–H groups in total. The molecule has 0 spiro atoms. The van der Waals surface area contributed by atoms with Crippen molar-refractivity contribution < 1.29 is 13.2 Å².